The van der Waals surface area contributed by atoms with Crippen molar-refractivity contribution in [1.29, 1.82) is 0 Å². The molecule has 0 radical (unpaired) electrons. The standard InChI is InChI=1S/C14H9Cl2N3O4/c15-11-3-1-2-10(12(11)16)14(20)23-18-13(17)8-4-6-9(7-5-8)19(21)22/h1-7H,(H2,17,18). The Morgan fingerprint density at radius 2 is 1.83 bits per heavy atom. The predicted octanol–water partition coefficient (Wildman–Crippen LogP) is 3.38. The van der Waals surface area contributed by atoms with Gasteiger partial charge in [-0.3, -0.25) is 10.1 Å². The van der Waals surface area contributed by atoms with E-state index in [2.05, 4.69) is 5.16 Å². The summed E-state index contributed by atoms with van der Waals surface area (Å²) in [5.41, 5.74) is 5.97. The molecule has 2 aromatic carbocycles. The van der Waals surface area contributed by atoms with Crippen LogP contribution in [0.3, 0.4) is 0 Å². The Morgan fingerprint density at radius 3 is 2.43 bits per heavy atom. The van der Waals surface area contributed by atoms with Crippen LogP contribution in [0.15, 0.2) is 47.6 Å². The van der Waals surface area contributed by atoms with Gasteiger partial charge in [0.1, 0.15) is 0 Å². The summed E-state index contributed by atoms with van der Waals surface area (Å²) in [5, 5.41) is 14.3. The zero-order chi connectivity index (χ0) is 17.0. The third-order valence-corrected chi connectivity index (χ3v) is 3.59. The van der Waals surface area contributed by atoms with Gasteiger partial charge in [-0.25, -0.2) is 4.79 Å². The number of carbonyl (C=O) groups is 1. The van der Waals surface area contributed by atoms with Crippen LogP contribution in [0, 0.1) is 10.1 Å². The molecule has 0 aliphatic heterocycles. The van der Waals surface area contributed by atoms with Gasteiger partial charge < -0.3 is 10.6 Å². The number of halogens is 2. The predicted molar refractivity (Wildman–Crippen MR) is 85.7 cm³/mol. The van der Waals surface area contributed by atoms with E-state index < -0.39 is 10.9 Å². The normalized spacial score (nSPS) is 11.1. The van der Waals surface area contributed by atoms with Crippen LogP contribution in [0.25, 0.3) is 0 Å². The highest BCUT2D eigenvalue weighted by molar-refractivity contribution is 6.43. The van der Waals surface area contributed by atoms with Crippen LogP contribution in [0.5, 0.6) is 0 Å². The third kappa shape index (κ3) is 3.97. The van der Waals surface area contributed by atoms with Crippen molar-refractivity contribution < 1.29 is 14.6 Å². The molecule has 0 bridgehead atoms. The maximum absolute atomic E-state index is 11.9. The molecule has 118 valence electrons. The maximum Gasteiger partial charge on any atom is 0.367 e. The van der Waals surface area contributed by atoms with Gasteiger partial charge >= 0.3 is 5.97 Å². The highest BCUT2D eigenvalue weighted by atomic mass is 35.5. The second kappa shape index (κ2) is 7.08. The molecule has 0 aromatic heterocycles. The monoisotopic (exact) mass is 353 g/mol. The van der Waals surface area contributed by atoms with E-state index in [9.17, 15) is 14.9 Å². The van der Waals surface area contributed by atoms with E-state index in [1.165, 1.54) is 42.5 Å². The zero-order valence-electron chi connectivity index (χ0n) is 11.4. The Morgan fingerprint density at radius 1 is 1.17 bits per heavy atom. The first-order valence-corrected chi connectivity index (χ1v) is 6.89. The van der Waals surface area contributed by atoms with Crippen LogP contribution < -0.4 is 5.73 Å². The first kappa shape index (κ1) is 16.7. The van der Waals surface area contributed by atoms with E-state index in [1.54, 1.807) is 0 Å². The Kier molecular flexibility index (Phi) is 5.15. The number of rotatable bonds is 4. The Balaban J connectivity index is 2.14. The quantitative estimate of drug-likeness (QED) is 0.298. The molecule has 0 saturated carbocycles. The first-order valence-electron chi connectivity index (χ1n) is 6.14. The highest BCUT2D eigenvalue weighted by Gasteiger charge is 2.15. The van der Waals surface area contributed by atoms with E-state index >= 15 is 0 Å². The minimum absolute atomic E-state index is 0.0411. The highest BCUT2D eigenvalue weighted by Crippen LogP contribution is 2.26. The molecule has 0 aliphatic carbocycles. The summed E-state index contributed by atoms with van der Waals surface area (Å²) in [5.74, 6) is -0.950. The smallest absolute Gasteiger partial charge is 0.367 e. The minimum atomic E-state index is -0.831. The van der Waals surface area contributed by atoms with Crippen LogP contribution >= 0.6 is 23.2 Å². The fourth-order valence-corrected chi connectivity index (χ4v) is 1.99. The molecule has 9 heteroatoms. The van der Waals surface area contributed by atoms with Crippen LogP contribution in [-0.2, 0) is 4.84 Å². The number of non-ortho nitro benzene ring substituents is 1. The molecule has 0 amide bonds. The summed E-state index contributed by atoms with van der Waals surface area (Å²) in [6.45, 7) is 0. The average Bonchev–Trinajstić information content (AvgIpc) is 2.55. The summed E-state index contributed by atoms with van der Waals surface area (Å²) in [6.07, 6.45) is 0. The van der Waals surface area contributed by atoms with Gasteiger partial charge in [0.15, 0.2) is 5.84 Å². The number of amidine groups is 1. The Bertz CT molecular complexity index is 791. The molecule has 0 spiro atoms. The molecule has 0 atom stereocenters. The van der Waals surface area contributed by atoms with Crippen molar-refractivity contribution in [2.75, 3.05) is 0 Å². The molecule has 7 nitrogen and oxygen atoms in total. The minimum Gasteiger partial charge on any atom is -0.380 e. The number of nitro benzene ring substituents is 1. The van der Waals surface area contributed by atoms with Gasteiger partial charge in [0, 0.05) is 17.7 Å². The summed E-state index contributed by atoms with van der Waals surface area (Å²) < 4.78 is 0. The summed E-state index contributed by atoms with van der Waals surface area (Å²) >= 11 is 11.7. The van der Waals surface area contributed by atoms with Gasteiger partial charge in [0.2, 0.25) is 0 Å². The number of oxime groups is 1. The second-order valence-corrected chi connectivity index (χ2v) is 5.05. The molecular formula is C14H9Cl2N3O4. The van der Waals surface area contributed by atoms with E-state index in [0.29, 0.717) is 5.56 Å². The topological polar surface area (TPSA) is 108 Å². The lowest BCUT2D eigenvalue weighted by molar-refractivity contribution is -0.384. The number of nitrogens with zero attached hydrogens (tertiary/aromatic N) is 2. The second-order valence-electron chi connectivity index (χ2n) is 4.26. The lowest BCUT2D eigenvalue weighted by Gasteiger charge is -2.03. The number of nitrogens with two attached hydrogens (primary N) is 1. The number of hydrogen-bond donors (Lipinski definition) is 1. The zero-order valence-corrected chi connectivity index (χ0v) is 12.9. The SMILES string of the molecule is N/C(=N\OC(=O)c1cccc(Cl)c1Cl)c1ccc([N+](=O)[O-])cc1. The van der Waals surface area contributed by atoms with E-state index in [4.69, 9.17) is 33.8 Å². The molecule has 2 N–H and O–H groups in total. The number of hydrogen-bond acceptors (Lipinski definition) is 5. The molecule has 0 saturated heterocycles. The summed E-state index contributed by atoms with van der Waals surface area (Å²) in [6, 6.07) is 9.77. The average molecular weight is 354 g/mol. The molecule has 0 aliphatic rings. The van der Waals surface area contributed by atoms with Crippen molar-refractivity contribution in [3.8, 4) is 0 Å². The van der Waals surface area contributed by atoms with Gasteiger partial charge in [0.05, 0.1) is 20.5 Å². The fraction of sp³-hybridized carbons (Fsp3) is 0. The van der Waals surface area contributed by atoms with Crippen LogP contribution in [0.1, 0.15) is 15.9 Å². The largest absolute Gasteiger partial charge is 0.380 e. The number of carbonyl (C=O) groups excluding carboxylic acids is 1. The lowest BCUT2D eigenvalue weighted by Crippen LogP contribution is -2.15. The van der Waals surface area contributed by atoms with Crippen molar-refractivity contribution in [3.63, 3.8) is 0 Å². The first-order chi connectivity index (χ1) is 10.9. The lowest BCUT2D eigenvalue weighted by atomic mass is 10.2. The molecule has 2 aromatic rings. The Labute approximate surface area is 140 Å². The van der Waals surface area contributed by atoms with Crippen molar-refractivity contribution in [1.82, 2.24) is 0 Å². The van der Waals surface area contributed by atoms with Gasteiger partial charge in [-0.05, 0) is 24.3 Å². The molecule has 0 heterocycles. The molecule has 2 rings (SSSR count). The van der Waals surface area contributed by atoms with Crippen molar-refractivity contribution in [3.05, 3.63) is 73.8 Å². The van der Waals surface area contributed by atoms with Crippen LogP contribution in [0.2, 0.25) is 10.0 Å². The molecule has 23 heavy (non-hydrogen) atoms. The maximum atomic E-state index is 11.9. The van der Waals surface area contributed by atoms with Crippen molar-refractivity contribution >= 4 is 40.7 Å². The third-order valence-electron chi connectivity index (χ3n) is 2.77. The van der Waals surface area contributed by atoms with E-state index in [-0.39, 0.29) is 27.1 Å². The van der Waals surface area contributed by atoms with E-state index in [1.807, 2.05) is 0 Å². The molecule has 0 fully saturated rings. The van der Waals surface area contributed by atoms with Gasteiger partial charge in [-0.2, -0.15) is 0 Å². The van der Waals surface area contributed by atoms with Crippen molar-refractivity contribution in [2.45, 2.75) is 0 Å². The van der Waals surface area contributed by atoms with Gasteiger partial charge in [0.25, 0.3) is 5.69 Å². The number of nitro groups is 1. The van der Waals surface area contributed by atoms with Crippen molar-refractivity contribution in [2.24, 2.45) is 10.9 Å². The van der Waals surface area contributed by atoms with E-state index in [0.717, 1.165) is 0 Å². The van der Waals surface area contributed by atoms with Crippen LogP contribution in [0.4, 0.5) is 5.69 Å². The van der Waals surface area contributed by atoms with Gasteiger partial charge in [-0.1, -0.05) is 34.4 Å². The summed E-state index contributed by atoms with van der Waals surface area (Å²) in [7, 11) is 0. The van der Waals surface area contributed by atoms with Gasteiger partial charge in [-0.15, -0.1) is 0 Å². The molecule has 0 unspecified atom stereocenters. The summed E-state index contributed by atoms with van der Waals surface area (Å²) in [4.78, 5) is 26.6. The number of benzene rings is 2. The molecular weight excluding hydrogens is 345 g/mol. The fourth-order valence-electron chi connectivity index (χ4n) is 1.61. The Hall–Kier alpha value is -2.64. The van der Waals surface area contributed by atoms with Crippen LogP contribution in [-0.4, -0.2) is 16.7 Å².